The summed E-state index contributed by atoms with van der Waals surface area (Å²) in [4.78, 5) is 24.2. The van der Waals surface area contributed by atoms with Crippen molar-refractivity contribution in [3.63, 3.8) is 0 Å². The van der Waals surface area contributed by atoms with E-state index in [2.05, 4.69) is 41.0 Å². The van der Waals surface area contributed by atoms with Gasteiger partial charge in [0.15, 0.2) is 0 Å². The number of carbonyl (C=O) groups is 1. The van der Waals surface area contributed by atoms with Gasteiger partial charge in [0.1, 0.15) is 5.82 Å². The summed E-state index contributed by atoms with van der Waals surface area (Å²) < 4.78 is 0. The Hall–Kier alpha value is -3.15. The minimum atomic E-state index is 0.206. The number of hydrogen-bond donors (Lipinski definition) is 2. The van der Waals surface area contributed by atoms with E-state index in [0.29, 0.717) is 24.3 Å². The number of amides is 1. The standard InChI is InChI=1S/C27H33N5O/c1-32(2)26-23-9-5-6-10-24(23)30-27(31-26)29-22-13-11-21(12-14-22)28-25(33)17-18-15-19-7-3-4-8-20(19)16-18/h3-10,18,21-22H,11-17H2,1-2H3,(H,28,33)(H,29,30,31). The van der Waals surface area contributed by atoms with Crippen molar-refractivity contribution in [1.29, 1.82) is 0 Å². The molecule has 2 aromatic carbocycles. The summed E-state index contributed by atoms with van der Waals surface area (Å²) in [5, 5.41) is 7.91. The maximum Gasteiger partial charge on any atom is 0.225 e. The Morgan fingerprint density at radius 3 is 2.24 bits per heavy atom. The van der Waals surface area contributed by atoms with E-state index in [9.17, 15) is 4.79 Å². The molecule has 0 saturated heterocycles. The van der Waals surface area contributed by atoms with Crippen molar-refractivity contribution in [2.75, 3.05) is 24.3 Å². The minimum absolute atomic E-state index is 0.206. The Morgan fingerprint density at radius 1 is 0.909 bits per heavy atom. The second-order valence-corrected chi connectivity index (χ2v) is 9.79. The molecule has 6 nitrogen and oxygen atoms in total. The summed E-state index contributed by atoms with van der Waals surface area (Å²) in [6.45, 7) is 0. The molecule has 1 amide bonds. The van der Waals surface area contributed by atoms with Crippen LogP contribution in [0.2, 0.25) is 0 Å². The number of hydrogen-bond acceptors (Lipinski definition) is 5. The number of nitrogens with one attached hydrogen (secondary N) is 2. The lowest BCUT2D eigenvalue weighted by Gasteiger charge is -2.30. The fraction of sp³-hybridized carbons (Fsp3) is 0.444. The van der Waals surface area contributed by atoms with Gasteiger partial charge in [-0.1, -0.05) is 36.4 Å². The molecule has 172 valence electrons. The lowest BCUT2D eigenvalue weighted by molar-refractivity contribution is -0.122. The van der Waals surface area contributed by atoms with Gasteiger partial charge in [0.25, 0.3) is 0 Å². The second kappa shape index (κ2) is 9.38. The topological polar surface area (TPSA) is 70.2 Å². The third-order valence-corrected chi connectivity index (χ3v) is 7.04. The van der Waals surface area contributed by atoms with Crippen LogP contribution in [0.3, 0.4) is 0 Å². The van der Waals surface area contributed by atoms with Crippen LogP contribution in [0.1, 0.15) is 43.2 Å². The third-order valence-electron chi connectivity index (χ3n) is 7.04. The lowest BCUT2D eigenvalue weighted by atomic mass is 9.91. The SMILES string of the molecule is CN(C)c1nc(NC2CCC(NC(=O)CC3Cc4ccccc4C3)CC2)nc2ccccc12. The van der Waals surface area contributed by atoms with E-state index >= 15 is 0 Å². The number of fused-ring (bicyclic) bond motifs is 2. The van der Waals surface area contributed by atoms with Gasteiger partial charge in [0.05, 0.1) is 5.52 Å². The molecule has 33 heavy (non-hydrogen) atoms. The van der Waals surface area contributed by atoms with Crippen LogP contribution in [-0.4, -0.2) is 42.1 Å². The Balaban J connectivity index is 1.12. The number of para-hydroxylation sites is 1. The maximum atomic E-state index is 12.7. The predicted octanol–water partition coefficient (Wildman–Crippen LogP) is 4.34. The van der Waals surface area contributed by atoms with Crippen molar-refractivity contribution in [2.24, 2.45) is 5.92 Å². The Kier molecular flexibility index (Phi) is 6.16. The molecule has 1 fully saturated rings. The number of carbonyl (C=O) groups excluding carboxylic acids is 1. The highest BCUT2D eigenvalue weighted by atomic mass is 16.1. The first-order valence-corrected chi connectivity index (χ1v) is 12.1. The lowest BCUT2D eigenvalue weighted by Crippen LogP contribution is -2.40. The Morgan fingerprint density at radius 2 is 1.55 bits per heavy atom. The zero-order valence-electron chi connectivity index (χ0n) is 19.6. The van der Waals surface area contributed by atoms with Crippen LogP contribution in [0.5, 0.6) is 0 Å². The third kappa shape index (κ3) is 4.95. The zero-order chi connectivity index (χ0) is 22.8. The minimum Gasteiger partial charge on any atom is -0.362 e. The van der Waals surface area contributed by atoms with E-state index in [1.807, 2.05) is 37.2 Å². The molecule has 0 radical (unpaired) electrons. The van der Waals surface area contributed by atoms with Crippen molar-refractivity contribution in [1.82, 2.24) is 15.3 Å². The molecule has 5 rings (SSSR count). The summed E-state index contributed by atoms with van der Waals surface area (Å²) in [7, 11) is 4.02. The molecule has 1 saturated carbocycles. The van der Waals surface area contributed by atoms with Crippen molar-refractivity contribution in [3.8, 4) is 0 Å². The molecule has 2 aliphatic carbocycles. The molecule has 6 heteroatoms. The number of nitrogens with zero attached hydrogens (tertiary/aromatic N) is 3. The van der Waals surface area contributed by atoms with Gasteiger partial charge in [0.2, 0.25) is 11.9 Å². The first-order valence-electron chi connectivity index (χ1n) is 12.1. The Labute approximate surface area is 195 Å². The largest absolute Gasteiger partial charge is 0.362 e. The zero-order valence-corrected chi connectivity index (χ0v) is 19.6. The fourth-order valence-corrected chi connectivity index (χ4v) is 5.37. The van der Waals surface area contributed by atoms with Crippen LogP contribution in [-0.2, 0) is 17.6 Å². The van der Waals surface area contributed by atoms with Gasteiger partial charge in [-0.2, -0.15) is 4.98 Å². The van der Waals surface area contributed by atoms with Crippen molar-refractivity contribution in [3.05, 3.63) is 59.7 Å². The van der Waals surface area contributed by atoms with E-state index in [-0.39, 0.29) is 11.9 Å². The average Bonchev–Trinajstić information content (AvgIpc) is 3.22. The molecule has 1 heterocycles. The van der Waals surface area contributed by atoms with Gasteiger partial charge >= 0.3 is 0 Å². The van der Waals surface area contributed by atoms with E-state index in [1.165, 1.54) is 11.1 Å². The first-order chi connectivity index (χ1) is 16.0. The van der Waals surface area contributed by atoms with E-state index < -0.39 is 0 Å². The van der Waals surface area contributed by atoms with Gasteiger partial charge in [-0.15, -0.1) is 0 Å². The van der Waals surface area contributed by atoms with Crippen LogP contribution < -0.4 is 15.5 Å². The van der Waals surface area contributed by atoms with Crippen molar-refractivity contribution in [2.45, 2.75) is 57.0 Å². The van der Waals surface area contributed by atoms with Gasteiger partial charge in [-0.05, 0) is 67.7 Å². The van der Waals surface area contributed by atoms with Gasteiger partial charge in [-0.3, -0.25) is 4.79 Å². The van der Waals surface area contributed by atoms with Crippen LogP contribution in [0, 0.1) is 5.92 Å². The smallest absolute Gasteiger partial charge is 0.225 e. The van der Waals surface area contributed by atoms with E-state index in [4.69, 9.17) is 9.97 Å². The molecule has 2 N–H and O–H groups in total. The molecule has 0 atom stereocenters. The summed E-state index contributed by atoms with van der Waals surface area (Å²) in [5.41, 5.74) is 3.78. The highest BCUT2D eigenvalue weighted by Gasteiger charge is 2.26. The predicted molar refractivity (Wildman–Crippen MR) is 134 cm³/mol. The molecule has 0 aliphatic heterocycles. The van der Waals surface area contributed by atoms with Crippen LogP contribution in [0.15, 0.2) is 48.5 Å². The number of aromatic nitrogens is 2. The van der Waals surface area contributed by atoms with E-state index in [1.54, 1.807) is 0 Å². The molecule has 0 bridgehead atoms. The molecule has 0 spiro atoms. The highest BCUT2D eigenvalue weighted by molar-refractivity contribution is 5.90. The highest BCUT2D eigenvalue weighted by Crippen LogP contribution is 2.29. The molecule has 0 unspecified atom stereocenters. The quantitative estimate of drug-likeness (QED) is 0.593. The molecular formula is C27H33N5O. The van der Waals surface area contributed by atoms with E-state index in [0.717, 1.165) is 55.2 Å². The van der Waals surface area contributed by atoms with Crippen molar-refractivity contribution >= 4 is 28.6 Å². The summed E-state index contributed by atoms with van der Waals surface area (Å²) in [5.74, 6) is 2.26. The Bertz CT molecular complexity index is 1110. The molecular weight excluding hydrogens is 410 g/mol. The summed E-state index contributed by atoms with van der Waals surface area (Å²) >= 11 is 0. The monoisotopic (exact) mass is 443 g/mol. The second-order valence-electron chi connectivity index (χ2n) is 9.79. The van der Waals surface area contributed by atoms with Gasteiger partial charge in [0, 0.05) is 38.0 Å². The van der Waals surface area contributed by atoms with Crippen molar-refractivity contribution < 1.29 is 4.79 Å². The number of rotatable bonds is 6. The fourth-order valence-electron chi connectivity index (χ4n) is 5.37. The molecule has 1 aromatic heterocycles. The average molecular weight is 444 g/mol. The molecule has 2 aliphatic rings. The maximum absolute atomic E-state index is 12.7. The van der Waals surface area contributed by atoms with Gasteiger partial charge < -0.3 is 15.5 Å². The van der Waals surface area contributed by atoms with Gasteiger partial charge in [-0.25, -0.2) is 4.98 Å². The summed E-state index contributed by atoms with van der Waals surface area (Å²) in [6.07, 6.45) is 6.68. The number of anilines is 2. The normalized spacial score (nSPS) is 20.4. The van der Waals surface area contributed by atoms with Crippen LogP contribution >= 0.6 is 0 Å². The number of benzene rings is 2. The van der Waals surface area contributed by atoms with Crippen LogP contribution in [0.4, 0.5) is 11.8 Å². The summed E-state index contributed by atoms with van der Waals surface area (Å²) in [6, 6.07) is 17.3. The van der Waals surface area contributed by atoms with Crippen LogP contribution in [0.25, 0.3) is 10.9 Å². The first kappa shape index (κ1) is 21.7. The molecule has 3 aromatic rings.